The van der Waals surface area contributed by atoms with Gasteiger partial charge in [-0.25, -0.2) is 9.19 Å². The van der Waals surface area contributed by atoms with Crippen LogP contribution in [0, 0.1) is 0 Å². The topological polar surface area (TPSA) is 82.0 Å². The standard InChI is InChI=1S/C24H27NO5S.HI/c1-3-4-15-29-24(28)17-30-21-11-9-20(10-12-21)23(27)14-13-22(26)19-7-5-18(6-8-19)16-25-31-2;/h5-12,16H,3-4,13-15,17H2,1-2H3;1H/b25-16+;. The van der Waals surface area contributed by atoms with Gasteiger partial charge in [-0.1, -0.05) is 37.6 Å². The molecule has 0 unspecified atom stereocenters. The number of ketones is 2. The van der Waals surface area contributed by atoms with Gasteiger partial charge in [0.1, 0.15) is 5.75 Å². The molecule has 0 amide bonds. The van der Waals surface area contributed by atoms with Crippen molar-refractivity contribution in [1.29, 1.82) is 0 Å². The number of nitrogens with zero attached hydrogens (tertiary/aromatic N) is 1. The summed E-state index contributed by atoms with van der Waals surface area (Å²) in [6.07, 6.45) is 5.64. The van der Waals surface area contributed by atoms with Gasteiger partial charge in [0, 0.05) is 36.4 Å². The summed E-state index contributed by atoms with van der Waals surface area (Å²) < 4.78 is 14.5. The number of carbonyl (C=O) groups is 3. The molecule has 0 aliphatic rings. The Bertz CT molecular complexity index is 898. The Labute approximate surface area is 210 Å². The molecule has 0 spiro atoms. The molecule has 6 nitrogen and oxygen atoms in total. The fourth-order valence-corrected chi connectivity index (χ4v) is 2.86. The van der Waals surface area contributed by atoms with Gasteiger partial charge in [0.15, 0.2) is 18.2 Å². The van der Waals surface area contributed by atoms with Gasteiger partial charge < -0.3 is 9.47 Å². The minimum atomic E-state index is -0.420. The summed E-state index contributed by atoms with van der Waals surface area (Å²) in [5.74, 6) is -0.146. The Morgan fingerprint density at radius 3 is 2.03 bits per heavy atom. The Morgan fingerprint density at radius 1 is 0.938 bits per heavy atom. The number of unbranched alkanes of at least 4 members (excludes halogenated alkanes) is 1. The molecule has 0 saturated heterocycles. The van der Waals surface area contributed by atoms with Gasteiger partial charge >= 0.3 is 5.97 Å². The lowest BCUT2D eigenvalue weighted by molar-refractivity contribution is -0.146. The van der Waals surface area contributed by atoms with E-state index in [4.69, 9.17) is 9.47 Å². The van der Waals surface area contributed by atoms with Crippen LogP contribution in [-0.4, -0.2) is 43.2 Å². The number of esters is 1. The number of halogens is 1. The summed E-state index contributed by atoms with van der Waals surface area (Å²) >= 11 is 1.36. The second-order valence-electron chi connectivity index (χ2n) is 6.77. The third kappa shape index (κ3) is 9.95. The zero-order valence-electron chi connectivity index (χ0n) is 18.2. The van der Waals surface area contributed by atoms with Crippen LogP contribution in [0.4, 0.5) is 0 Å². The zero-order valence-corrected chi connectivity index (χ0v) is 21.4. The molecule has 0 saturated carbocycles. The maximum atomic E-state index is 12.4. The molecule has 0 atom stereocenters. The molecule has 32 heavy (non-hydrogen) atoms. The minimum absolute atomic E-state index is 0. The first kappa shape index (κ1) is 27.8. The van der Waals surface area contributed by atoms with Gasteiger partial charge in [-0.15, -0.1) is 24.0 Å². The van der Waals surface area contributed by atoms with Crippen LogP contribution in [0.3, 0.4) is 0 Å². The molecular formula is C24H28INO5S. The largest absolute Gasteiger partial charge is 0.482 e. The lowest BCUT2D eigenvalue weighted by Crippen LogP contribution is -2.15. The number of benzene rings is 2. The third-order valence-corrected chi connectivity index (χ3v) is 4.73. The van der Waals surface area contributed by atoms with Crippen LogP contribution in [0.1, 0.15) is 58.9 Å². The zero-order chi connectivity index (χ0) is 22.5. The number of carbonyl (C=O) groups excluding carboxylic acids is 3. The van der Waals surface area contributed by atoms with Gasteiger partial charge in [-0.2, -0.15) is 0 Å². The predicted octanol–water partition coefficient (Wildman–Crippen LogP) is 5.57. The number of hydrogen-bond donors (Lipinski definition) is 0. The third-order valence-electron chi connectivity index (χ3n) is 4.41. The van der Waals surface area contributed by atoms with E-state index in [1.807, 2.05) is 25.3 Å². The van der Waals surface area contributed by atoms with E-state index in [9.17, 15) is 14.4 Å². The molecule has 0 bridgehead atoms. The molecule has 0 aliphatic carbocycles. The average Bonchev–Trinajstić information content (AvgIpc) is 2.80. The molecule has 0 aromatic heterocycles. The smallest absolute Gasteiger partial charge is 0.344 e. The molecule has 8 heteroatoms. The molecule has 0 N–H and O–H groups in total. The van der Waals surface area contributed by atoms with E-state index in [0.29, 0.717) is 23.5 Å². The first-order valence-corrected chi connectivity index (χ1v) is 11.3. The maximum absolute atomic E-state index is 12.4. The maximum Gasteiger partial charge on any atom is 0.344 e. The van der Waals surface area contributed by atoms with Gasteiger partial charge in [-0.3, -0.25) is 9.59 Å². The van der Waals surface area contributed by atoms with Crippen molar-refractivity contribution in [2.45, 2.75) is 32.6 Å². The van der Waals surface area contributed by atoms with Crippen molar-refractivity contribution >= 4 is 59.7 Å². The molecular weight excluding hydrogens is 541 g/mol. The van der Waals surface area contributed by atoms with Crippen LogP contribution in [-0.2, 0) is 9.53 Å². The van der Waals surface area contributed by atoms with E-state index in [1.54, 1.807) is 42.6 Å². The second-order valence-corrected chi connectivity index (χ2v) is 7.35. The van der Waals surface area contributed by atoms with Crippen molar-refractivity contribution in [1.82, 2.24) is 0 Å². The first-order valence-electron chi connectivity index (χ1n) is 10.1. The van der Waals surface area contributed by atoms with Crippen molar-refractivity contribution in [2.75, 3.05) is 19.5 Å². The van der Waals surface area contributed by atoms with E-state index >= 15 is 0 Å². The Hall–Kier alpha value is -2.20. The molecule has 0 fully saturated rings. The summed E-state index contributed by atoms with van der Waals surface area (Å²) in [5.41, 5.74) is 1.98. The Kier molecular flexibility index (Phi) is 13.5. The van der Waals surface area contributed by atoms with Gasteiger partial charge in [0.25, 0.3) is 0 Å². The van der Waals surface area contributed by atoms with E-state index in [2.05, 4.69) is 4.40 Å². The summed E-state index contributed by atoms with van der Waals surface area (Å²) in [5, 5.41) is 0. The SMILES string of the molecule is CCCCOC(=O)COc1ccc(C(=O)CCC(=O)c2ccc(/C=N/SC)cc2)cc1.I. The number of rotatable bonds is 13. The first-order chi connectivity index (χ1) is 15.0. The second kappa shape index (κ2) is 15.6. The molecule has 0 aliphatic heterocycles. The van der Waals surface area contributed by atoms with Gasteiger partial charge in [-0.05, 0) is 48.2 Å². The summed E-state index contributed by atoms with van der Waals surface area (Å²) in [4.78, 5) is 36.3. The monoisotopic (exact) mass is 569 g/mol. The lowest BCUT2D eigenvalue weighted by Gasteiger charge is -2.07. The van der Waals surface area contributed by atoms with Crippen LogP contribution in [0.15, 0.2) is 52.9 Å². The van der Waals surface area contributed by atoms with Crippen molar-refractivity contribution < 1.29 is 23.9 Å². The van der Waals surface area contributed by atoms with Crippen molar-refractivity contribution in [3.63, 3.8) is 0 Å². The van der Waals surface area contributed by atoms with E-state index < -0.39 is 5.97 Å². The number of Topliss-reactive ketones (excluding diaryl/α,β-unsaturated/α-hetero) is 2. The quantitative estimate of drug-likeness (QED) is 0.0784. The van der Waals surface area contributed by atoms with Crippen LogP contribution in [0.2, 0.25) is 0 Å². The number of hydrogen-bond acceptors (Lipinski definition) is 7. The van der Waals surface area contributed by atoms with E-state index in [0.717, 1.165) is 18.4 Å². The number of ether oxygens (including phenoxy) is 2. The van der Waals surface area contributed by atoms with Crippen molar-refractivity contribution in [3.8, 4) is 5.75 Å². The van der Waals surface area contributed by atoms with E-state index in [-0.39, 0.29) is 55.0 Å². The fraction of sp³-hybridized carbons (Fsp3) is 0.333. The minimum Gasteiger partial charge on any atom is -0.482 e. The van der Waals surface area contributed by atoms with Crippen molar-refractivity contribution in [3.05, 3.63) is 65.2 Å². The molecule has 0 radical (unpaired) electrons. The van der Waals surface area contributed by atoms with Crippen LogP contribution < -0.4 is 4.74 Å². The van der Waals surface area contributed by atoms with Crippen molar-refractivity contribution in [2.24, 2.45) is 4.40 Å². The predicted molar refractivity (Wildman–Crippen MR) is 139 cm³/mol. The molecule has 172 valence electrons. The molecule has 0 heterocycles. The normalized spacial score (nSPS) is 10.4. The molecule has 2 aromatic rings. The highest BCUT2D eigenvalue weighted by Gasteiger charge is 2.12. The van der Waals surface area contributed by atoms with Crippen LogP contribution in [0.25, 0.3) is 0 Å². The lowest BCUT2D eigenvalue weighted by atomic mass is 10.0. The highest BCUT2D eigenvalue weighted by Crippen LogP contribution is 2.15. The highest BCUT2D eigenvalue weighted by molar-refractivity contribution is 14.0. The van der Waals surface area contributed by atoms with E-state index in [1.165, 1.54) is 11.9 Å². The summed E-state index contributed by atoms with van der Waals surface area (Å²) in [6.45, 7) is 2.23. The van der Waals surface area contributed by atoms with Crippen LogP contribution >= 0.6 is 35.9 Å². The average molecular weight is 569 g/mol. The molecule has 2 rings (SSSR count). The fourth-order valence-electron chi connectivity index (χ4n) is 2.64. The van der Waals surface area contributed by atoms with Gasteiger partial charge in [0.2, 0.25) is 0 Å². The highest BCUT2D eigenvalue weighted by atomic mass is 127. The molecule has 2 aromatic carbocycles. The van der Waals surface area contributed by atoms with Gasteiger partial charge in [0.05, 0.1) is 6.61 Å². The summed E-state index contributed by atoms with van der Waals surface area (Å²) in [6, 6.07) is 13.7. The Morgan fingerprint density at radius 2 is 1.50 bits per heavy atom. The summed E-state index contributed by atoms with van der Waals surface area (Å²) in [7, 11) is 0. The Balaban J connectivity index is 0.00000512. The van der Waals surface area contributed by atoms with Crippen LogP contribution in [0.5, 0.6) is 5.75 Å².